The molecular weight excluding hydrogens is 366 g/mol. The Morgan fingerprint density at radius 2 is 2.14 bits per heavy atom. The van der Waals surface area contributed by atoms with Gasteiger partial charge in [-0.15, -0.1) is 0 Å². The fourth-order valence-electron chi connectivity index (χ4n) is 3.33. The second-order valence-corrected chi connectivity index (χ2v) is 7.09. The molecule has 3 aromatic rings. The zero-order valence-corrected chi connectivity index (χ0v) is 15.8. The summed E-state index contributed by atoms with van der Waals surface area (Å²) < 4.78 is 30.4. The smallest absolute Gasteiger partial charge is 0.264 e. The van der Waals surface area contributed by atoms with E-state index in [1.807, 2.05) is 19.2 Å². The van der Waals surface area contributed by atoms with E-state index in [2.05, 4.69) is 20.5 Å². The van der Waals surface area contributed by atoms with Crippen molar-refractivity contribution in [2.45, 2.75) is 58.7 Å². The molecule has 0 aliphatic heterocycles. The Kier molecular flexibility index (Phi) is 4.82. The van der Waals surface area contributed by atoms with E-state index in [1.165, 1.54) is 10.7 Å². The molecule has 0 unspecified atom stereocenters. The highest BCUT2D eigenvalue weighted by Gasteiger charge is 2.29. The van der Waals surface area contributed by atoms with Gasteiger partial charge in [0.15, 0.2) is 5.65 Å². The van der Waals surface area contributed by atoms with Crippen LogP contribution >= 0.6 is 0 Å². The number of nitrogens with zero attached hydrogens (tertiary/aromatic N) is 5. The van der Waals surface area contributed by atoms with Crippen LogP contribution in [0.4, 0.5) is 8.78 Å². The fraction of sp³-hybridized carbons (Fsp3) is 0.474. The lowest BCUT2D eigenvalue weighted by Gasteiger charge is -2.08. The topological polar surface area (TPSA) is 77.6 Å². The third kappa shape index (κ3) is 3.61. The van der Waals surface area contributed by atoms with Gasteiger partial charge in [0.05, 0.1) is 23.3 Å². The maximum absolute atomic E-state index is 13.6. The number of aryl methyl sites for hydroxylation is 2. The van der Waals surface area contributed by atoms with E-state index in [0.717, 1.165) is 25.1 Å². The Balaban J connectivity index is 1.56. The lowest BCUT2D eigenvalue weighted by Crippen LogP contribution is -2.28. The summed E-state index contributed by atoms with van der Waals surface area (Å²) >= 11 is 0. The molecule has 0 bridgehead atoms. The Labute approximate surface area is 160 Å². The van der Waals surface area contributed by atoms with Gasteiger partial charge in [-0.3, -0.25) is 9.48 Å². The monoisotopic (exact) mass is 388 g/mol. The third-order valence-corrected chi connectivity index (χ3v) is 4.94. The third-order valence-electron chi connectivity index (χ3n) is 4.94. The molecule has 1 saturated carbocycles. The van der Waals surface area contributed by atoms with Gasteiger partial charge in [-0.2, -0.15) is 10.2 Å². The number of amides is 1. The molecule has 148 valence electrons. The molecule has 3 heterocycles. The SMILES string of the molecule is CCn1ccc(CNC(=O)Cn2nc(C)c3c(C(F)F)cc(C4CC4)nc32)n1. The van der Waals surface area contributed by atoms with Crippen LogP contribution in [0.2, 0.25) is 0 Å². The van der Waals surface area contributed by atoms with Crippen molar-refractivity contribution >= 4 is 16.9 Å². The maximum atomic E-state index is 13.6. The normalized spacial score (nSPS) is 14.2. The lowest BCUT2D eigenvalue weighted by molar-refractivity contribution is -0.121. The summed E-state index contributed by atoms with van der Waals surface area (Å²) in [6.07, 6.45) is 1.15. The quantitative estimate of drug-likeness (QED) is 0.675. The molecule has 1 fully saturated rings. The Hall–Kier alpha value is -2.84. The summed E-state index contributed by atoms with van der Waals surface area (Å²) in [5.74, 6) is -0.0410. The average Bonchev–Trinajstić information content (AvgIpc) is 3.34. The van der Waals surface area contributed by atoms with E-state index >= 15 is 0 Å². The molecule has 0 atom stereocenters. The number of rotatable bonds is 7. The summed E-state index contributed by atoms with van der Waals surface area (Å²) in [5, 5.41) is 11.8. The van der Waals surface area contributed by atoms with Crippen LogP contribution in [0.5, 0.6) is 0 Å². The minimum Gasteiger partial charge on any atom is -0.349 e. The number of hydrogen-bond donors (Lipinski definition) is 1. The van der Waals surface area contributed by atoms with E-state index in [0.29, 0.717) is 29.0 Å². The van der Waals surface area contributed by atoms with Gasteiger partial charge >= 0.3 is 0 Å². The minimum atomic E-state index is -2.61. The standard InChI is InChI=1S/C19H22F2N6O/c1-3-26-7-6-13(25-26)9-22-16(28)10-27-19-17(11(2)24-27)14(18(20)21)8-15(23-19)12-4-5-12/h6-8,12,18H,3-5,9-10H2,1-2H3,(H,22,28). The first-order valence-corrected chi connectivity index (χ1v) is 9.41. The molecule has 3 aromatic heterocycles. The van der Waals surface area contributed by atoms with Gasteiger partial charge in [-0.1, -0.05) is 0 Å². The first-order valence-electron chi connectivity index (χ1n) is 9.41. The largest absolute Gasteiger partial charge is 0.349 e. The van der Waals surface area contributed by atoms with Gasteiger partial charge in [0, 0.05) is 29.9 Å². The Bertz CT molecular complexity index is 1020. The number of fused-ring (bicyclic) bond motifs is 1. The molecule has 1 aliphatic rings. The molecule has 0 saturated heterocycles. The van der Waals surface area contributed by atoms with Crippen LogP contribution in [0.1, 0.15) is 54.8 Å². The van der Waals surface area contributed by atoms with Crippen LogP contribution in [0.3, 0.4) is 0 Å². The molecule has 1 amide bonds. The van der Waals surface area contributed by atoms with Crippen molar-refractivity contribution in [1.82, 2.24) is 29.9 Å². The highest BCUT2D eigenvalue weighted by Crippen LogP contribution is 2.41. The van der Waals surface area contributed by atoms with Gasteiger partial charge in [-0.25, -0.2) is 18.4 Å². The van der Waals surface area contributed by atoms with Crippen molar-refractivity contribution in [2.24, 2.45) is 0 Å². The first kappa shape index (κ1) is 18.5. The maximum Gasteiger partial charge on any atom is 0.264 e. The number of aromatic nitrogens is 5. The van der Waals surface area contributed by atoms with Crippen LogP contribution in [0, 0.1) is 6.92 Å². The summed E-state index contributed by atoms with van der Waals surface area (Å²) in [5.41, 5.74) is 2.17. The molecule has 0 radical (unpaired) electrons. The number of pyridine rings is 1. The lowest BCUT2D eigenvalue weighted by atomic mass is 10.1. The second-order valence-electron chi connectivity index (χ2n) is 7.09. The number of alkyl halides is 2. The van der Waals surface area contributed by atoms with Crippen molar-refractivity contribution in [3.63, 3.8) is 0 Å². The Morgan fingerprint density at radius 1 is 1.36 bits per heavy atom. The predicted molar refractivity (Wildman–Crippen MR) is 98.9 cm³/mol. The molecule has 9 heteroatoms. The van der Waals surface area contributed by atoms with Crippen molar-refractivity contribution < 1.29 is 13.6 Å². The number of nitrogens with one attached hydrogen (secondary N) is 1. The highest BCUT2D eigenvalue weighted by molar-refractivity contribution is 5.85. The molecule has 1 N–H and O–H groups in total. The van der Waals surface area contributed by atoms with Crippen LogP contribution in [0.25, 0.3) is 11.0 Å². The molecule has 4 rings (SSSR count). The number of carbonyl (C=O) groups excluding carboxylic acids is 1. The van der Waals surface area contributed by atoms with Gasteiger partial charge < -0.3 is 5.32 Å². The molecule has 0 aromatic carbocycles. The first-order chi connectivity index (χ1) is 13.5. The van der Waals surface area contributed by atoms with Gasteiger partial charge in [-0.05, 0) is 38.8 Å². The molecular formula is C19H22F2N6O. The van der Waals surface area contributed by atoms with Crippen LogP contribution in [-0.4, -0.2) is 30.5 Å². The van der Waals surface area contributed by atoms with E-state index in [4.69, 9.17) is 0 Å². The number of halogens is 2. The van der Waals surface area contributed by atoms with E-state index in [-0.39, 0.29) is 23.9 Å². The van der Waals surface area contributed by atoms with Crippen LogP contribution < -0.4 is 5.32 Å². The molecule has 0 spiro atoms. The zero-order valence-electron chi connectivity index (χ0n) is 15.8. The fourth-order valence-corrected chi connectivity index (χ4v) is 3.33. The average molecular weight is 388 g/mol. The van der Waals surface area contributed by atoms with E-state index in [1.54, 1.807) is 11.6 Å². The van der Waals surface area contributed by atoms with Gasteiger partial charge in [0.2, 0.25) is 5.91 Å². The molecule has 1 aliphatic carbocycles. The summed E-state index contributed by atoms with van der Waals surface area (Å²) in [4.78, 5) is 16.9. The zero-order chi connectivity index (χ0) is 19.8. The number of carbonyl (C=O) groups is 1. The van der Waals surface area contributed by atoms with Crippen LogP contribution in [0.15, 0.2) is 18.3 Å². The minimum absolute atomic E-state index is 0.0545. The van der Waals surface area contributed by atoms with E-state index in [9.17, 15) is 13.6 Å². The summed E-state index contributed by atoms with van der Waals surface area (Å²) in [6.45, 7) is 4.62. The summed E-state index contributed by atoms with van der Waals surface area (Å²) in [7, 11) is 0. The summed E-state index contributed by atoms with van der Waals surface area (Å²) in [6, 6.07) is 3.34. The van der Waals surface area contributed by atoms with Crippen molar-refractivity contribution in [1.29, 1.82) is 0 Å². The predicted octanol–water partition coefficient (Wildman–Crippen LogP) is 3.09. The highest BCUT2D eigenvalue weighted by atomic mass is 19.3. The van der Waals surface area contributed by atoms with E-state index < -0.39 is 6.43 Å². The van der Waals surface area contributed by atoms with Crippen molar-refractivity contribution in [2.75, 3.05) is 0 Å². The van der Waals surface area contributed by atoms with Gasteiger partial charge in [0.25, 0.3) is 6.43 Å². The van der Waals surface area contributed by atoms with Gasteiger partial charge in [0.1, 0.15) is 6.54 Å². The Morgan fingerprint density at radius 3 is 2.79 bits per heavy atom. The molecule has 7 nitrogen and oxygen atoms in total. The number of hydrogen-bond acceptors (Lipinski definition) is 4. The van der Waals surface area contributed by atoms with Crippen LogP contribution in [-0.2, 0) is 24.4 Å². The molecule has 28 heavy (non-hydrogen) atoms. The van der Waals surface area contributed by atoms with Crippen molar-refractivity contribution in [3.05, 3.63) is 41.0 Å². The second kappa shape index (κ2) is 7.29. The van der Waals surface area contributed by atoms with Crippen molar-refractivity contribution in [3.8, 4) is 0 Å².